The lowest BCUT2D eigenvalue weighted by atomic mass is 10.0. The lowest BCUT2D eigenvalue weighted by Gasteiger charge is -2.08. The molecule has 0 heterocycles. The minimum absolute atomic E-state index is 0.132. The molecule has 17 heavy (non-hydrogen) atoms. The summed E-state index contributed by atoms with van der Waals surface area (Å²) in [4.78, 5) is 11.1. The van der Waals surface area contributed by atoms with Gasteiger partial charge in [0.15, 0.2) is 0 Å². The first kappa shape index (κ1) is 11.8. The van der Waals surface area contributed by atoms with Gasteiger partial charge in [0.2, 0.25) is 0 Å². The molecule has 2 atom stereocenters. The zero-order valence-corrected chi connectivity index (χ0v) is 10.1. The highest BCUT2D eigenvalue weighted by molar-refractivity contribution is 5.78. The van der Waals surface area contributed by atoms with Gasteiger partial charge in [-0.1, -0.05) is 13.8 Å². The predicted molar refractivity (Wildman–Crippen MR) is 62.3 cm³/mol. The van der Waals surface area contributed by atoms with E-state index >= 15 is 0 Å². The highest BCUT2D eigenvalue weighted by atomic mass is 16.5. The molecule has 2 rings (SSSR count). The number of aliphatic carboxylic acids is 1. The Balaban J connectivity index is 2.39. The summed E-state index contributed by atoms with van der Waals surface area (Å²) in [6.07, 6.45) is 0. The minimum atomic E-state index is -0.817. The Morgan fingerprint density at radius 1 is 1.41 bits per heavy atom. The summed E-state index contributed by atoms with van der Waals surface area (Å²) in [6, 6.07) is 4.91. The smallest absolute Gasteiger partial charge is 0.307 e. The number of rotatable bonds is 3. The van der Waals surface area contributed by atoms with Crippen molar-refractivity contribution in [2.24, 2.45) is 11.3 Å². The van der Waals surface area contributed by atoms with Crippen LogP contribution >= 0.6 is 0 Å². The van der Waals surface area contributed by atoms with Gasteiger partial charge >= 0.3 is 5.97 Å². The Morgan fingerprint density at radius 3 is 2.53 bits per heavy atom. The third-order valence-corrected chi connectivity index (χ3v) is 3.66. The fraction of sp³-hybridized carbons (Fsp3) is 0.462. The summed E-state index contributed by atoms with van der Waals surface area (Å²) in [6.45, 7) is 3.80. The van der Waals surface area contributed by atoms with Crippen molar-refractivity contribution in [3.63, 3.8) is 0 Å². The lowest BCUT2D eigenvalue weighted by molar-refractivity contribution is -0.139. The van der Waals surface area contributed by atoms with Gasteiger partial charge in [-0.05, 0) is 23.6 Å². The molecule has 2 unspecified atom stereocenters. The lowest BCUT2D eigenvalue weighted by Crippen LogP contribution is -2.03. The first-order valence-electron chi connectivity index (χ1n) is 5.49. The molecule has 1 aromatic carbocycles. The van der Waals surface area contributed by atoms with Crippen molar-refractivity contribution in [2.75, 3.05) is 7.11 Å². The van der Waals surface area contributed by atoms with Crippen molar-refractivity contribution in [1.82, 2.24) is 0 Å². The third-order valence-electron chi connectivity index (χ3n) is 3.66. The molecule has 0 aliphatic heterocycles. The van der Waals surface area contributed by atoms with Crippen LogP contribution in [0.2, 0.25) is 0 Å². The molecular formula is C13H16O4. The molecule has 4 nitrogen and oxygen atoms in total. The largest absolute Gasteiger partial charge is 0.508 e. The highest BCUT2D eigenvalue weighted by Crippen LogP contribution is 2.65. The number of hydrogen-bond acceptors (Lipinski definition) is 3. The van der Waals surface area contributed by atoms with E-state index in [4.69, 9.17) is 9.84 Å². The van der Waals surface area contributed by atoms with Crippen LogP contribution in [-0.4, -0.2) is 23.3 Å². The number of hydrogen-bond donors (Lipinski definition) is 2. The summed E-state index contributed by atoms with van der Waals surface area (Å²) in [7, 11) is 1.54. The number of phenolic OH excluding ortho intramolecular Hbond substituents is 1. The van der Waals surface area contributed by atoms with E-state index in [2.05, 4.69) is 0 Å². The van der Waals surface area contributed by atoms with E-state index in [1.54, 1.807) is 25.3 Å². The molecule has 0 spiro atoms. The zero-order chi connectivity index (χ0) is 12.8. The number of methoxy groups -OCH3 is 1. The van der Waals surface area contributed by atoms with E-state index in [9.17, 15) is 9.90 Å². The molecule has 1 saturated carbocycles. The Hall–Kier alpha value is -1.71. The first-order valence-corrected chi connectivity index (χ1v) is 5.49. The Bertz CT molecular complexity index is 464. The van der Waals surface area contributed by atoms with Gasteiger partial charge in [0.25, 0.3) is 0 Å². The average molecular weight is 236 g/mol. The summed E-state index contributed by atoms with van der Waals surface area (Å²) >= 11 is 0. The van der Waals surface area contributed by atoms with Crippen LogP contribution in [0.3, 0.4) is 0 Å². The van der Waals surface area contributed by atoms with Crippen LogP contribution in [0.4, 0.5) is 0 Å². The van der Waals surface area contributed by atoms with E-state index in [1.807, 2.05) is 13.8 Å². The predicted octanol–water partition coefficient (Wildman–Crippen LogP) is 2.22. The summed E-state index contributed by atoms with van der Waals surface area (Å²) in [5, 5.41) is 18.9. The normalized spacial score (nSPS) is 25.4. The molecule has 0 bridgehead atoms. The van der Waals surface area contributed by atoms with E-state index in [0.717, 1.165) is 0 Å². The van der Waals surface area contributed by atoms with Crippen LogP contribution in [0.15, 0.2) is 18.2 Å². The molecule has 0 amide bonds. The minimum Gasteiger partial charge on any atom is -0.508 e. The molecule has 1 fully saturated rings. The van der Waals surface area contributed by atoms with Gasteiger partial charge in [-0.3, -0.25) is 4.79 Å². The van der Waals surface area contributed by atoms with Crippen molar-refractivity contribution in [1.29, 1.82) is 0 Å². The van der Waals surface area contributed by atoms with Crippen molar-refractivity contribution in [3.05, 3.63) is 23.8 Å². The zero-order valence-electron chi connectivity index (χ0n) is 10.1. The molecular weight excluding hydrogens is 220 g/mol. The second-order valence-electron chi connectivity index (χ2n) is 5.04. The van der Waals surface area contributed by atoms with Crippen LogP contribution < -0.4 is 4.74 Å². The van der Waals surface area contributed by atoms with Gasteiger partial charge in [0.1, 0.15) is 11.5 Å². The van der Waals surface area contributed by atoms with Crippen molar-refractivity contribution in [3.8, 4) is 11.5 Å². The van der Waals surface area contributed by atoms with Gasteiger partial charge in [-0.25, -0.2) is 0 Å². The van der Waals surface area contributed by atoms with Crippen molar-refractivity contribution < 1.29 is 19.7 Å². The van der Waals surface area contributed by atoms with Crippen LogP contribution in [0, 0.1) is 11.3 Å². The van der Waals surface area contributed by atoms with E-state index < -0.39 is 11.9 Å². The second kappa shape index (κ2) is 3.65. The van der Waals surface area contributed by atoms with E-state index in [0.29, 0.717) is 11.3 Å². The van der Waals surface area contributed by atoms with Gasteiger partial charge in [-0.15, -0.1) is 0 Å². The van der Waals surface area contributed by atoms with Crippen LogP contribution in [0.1, 0.15) is 25.3 Å². The SMILES string of the molecule is COc1ccc(O)c(C2C(C(=O)O)C2(C)C)c1. The maximum atomic E-state index is 11.1. The van der Waals surface area contributed by atoms with Crippen molar-refractivity contribution in [2.45, 2.75) is 19.8 Å². The molecule has 0 saturated heterocycles. The van der Waals surface area contributed by atoms with Gasteiger partial charge in [0.05, 0.1) is 13.0 Å². The number of carboxylic acids is 1. The molecule has 4 heteroatoms. The Labute approximate surface area is 99.8 Å². The maximum Gasteiger partial charge on any atom is 0.307 e. The molecule has 1 aromatic rings. The molecule has 1 aliphatic carbocycles. The fourth-order valence-corrected chi connectivity index (χ4v) is 2.59. The Morgan fingerprint density at radius 2 is 2.06 bits per heavy atom. The quantitative estimate of drug-likeness (QED) is 0.844. The summed E-state index contributed by atoms with van der Waals surface area (Å²) in [5.74, 6) is -0.657. The van der Waals surface area contributed by atoms with E-state index in [-0.39, 0.29) is 17.1 Å². The summed E-state index contributed by atoms with van der Waals surface area (Å²) in [5.41, 5.74) is 0.331. The van der Waals surface area contributed by atoms with Gasteiger partial charge in [0, 0.05) is 11.5 Å². The number of aromatic hydroxyl groups is 1. The summed E-state index contributed by atoms with van der Waals surface area (Å²) < 4.78 is 5.09. The Kier molecular flexibility index (Phi) is 2.53. The monoisotopic (exact) mass is 236 g/mol. The topological polar surface area (TPSA) is 66.8 Å². The number of benzene rings is 1. The van der Waals surface area contributed by atoms with Gasteiger partial charge < -0.3 is 14.9 Å². The van der Waals surface area contributed by atoms with Crippen LogP contribution in [0.25, 0.3) is 0 Å². The molecule has 1 aliphatic rings. The standard InChI is InChI=1S/C13H16O4/c1-13(2)10(11(13)12(15)16)8-6-7(17-3)4-5-9(8)14/h4-6,10-11,14H,1-3H3,(H,15,16). The van der Waals surface area contributed by atoms with Crippen LogP contribution in [-0.2, 0) is 4.79 Å². The third kappa shape index (κ3) is 1.73. The molecule has 2 N–H and O–H groups in total. The molecule has 0 radical (unpaired) electrons. The molecule has 0 aromatic heterocycles. The first-order chi connectivity index (χ1) is 7.89. The van der Waals surface area contributed by atoms with E-state index in [1.165, 1.54) is 0 Å². The number of carboxylic acid groups (broad SMARTS) is 1. The second-order valence-corrected chi connectivity index (χ2v) is 5.04. The average Bonchev–Trinajstić information content (AvgIpc) is 2.82. The number of carbonyl (C=O) groups is 1. The van der Waals surface area contributed by atoms with Crippen molar-refractivity contribution >= 4 is 5.97 Å². The number of ether oxygens (including phenoxy) is 1. The molecule has 92 valence electrons. The van der Waals surface area contributed by atoms with Crippen LogP contribution in [0.5, 0.6) is 11.5 Å². The van der Waals surface area contributed by atoms with Gasteiger partial charge in [-0.2, -0.15) is 0 Å². The fourth-order valence-electron chi connectivity index (χ4n) is 2.59. The highest BCUT2D eigenvalue weighted by Gasteiger charge is 2.63. The maximum absolute atomic E-state index is 11.1. The number of phenols is 1.